The van der Waals surface area contributed by atoms with Gasteiger partial charge in [0.15, 0.2) is 0 Å². The number of likely N-dealkylation sites (tertiary alicyclic amines) is 1. The number of aryl methyl sites for hydroxylation is 1. The number of rotatable bonds is 5. The smallest absolute Gasteiger partial charge is 0.223 e. The third-order valence-corrected chi connectivity index (χ3v) is 5.66. The molecule has 1 aromatic rings. The summed E-state index contributed by atoms with van der Waals surface area (Å²) in [5, 5.41) is 3.22. The zero-order chi connectivity index (χ0) is 15.1. The van der Waals surface area contributed by atoms with Crippen LogP contribution in [-0.2, 0) is 4.79 Å². The van der Waals surface area contributed by atoms with E-state index in [4.69, 9.17) is 0 Å². The Balaban J connectivity index is 1.25. The molecule has 22 heavy (non-hydrogen) atoms. The molecule has 1 N–H and O–H groups in total. The van der Waals surface area contributed by atoms with E-state index in [1.54, 1.807) is 0 Å². The molecule has 0 aromatic heterocycles. The minimum absolute atomic E-state index is 0.210. The number of amides is 1. The summed E-state index contributed by atoms with van der Waals surface area (Å²) in [4.78, 5) is 15.0. The first-order valence-corrected chi connectivity index (χ1v) is 8.79. The van der Waals surface area contributed by atoms with Crippen LogP contribution in [0.3, 0.4) is 0 Å². The summed E-state index contributed by atoms with van der Waals surface area (Å²) in [5.74, 6) is 1.60. The van der Waals surface area contributed by atoms with Crippen LogP contribution in [0.5, 0.6) is 0 Å². The van der Waals surface area contributed by atoms with E-state index in [0.29, 0.717) is 11.8 Å². The van der Waals surface area contributed by atoms with E-state index in [2.05, 4.69) is 41.4 Å². The van der Waals surface area contributed by atoms with Crippen molar-refractivity contribution in [1.29, 1.82) is 0 Å². The lowest BCUT2D eigenvalue weighted by Gasteiger charge is -2.15. The van der Waals surface area contributed by atoms with Gasteiger partial charge in [0.2, 0.25) is 5.91 Å². The summed E-state index contributed by atoms with van der Waals surface area (Å²) in [6.45, 7) is 5.45. The lowest BCUT2D eigenvalue weighted by Crippen LogP contribution is -2.32. The predicted molar refractivity (Wildman–Crippen MR) is 87.7 cm³/mol. The van der Waals surface area contributed by atoms with Crippen LogP contribution in [0.1, 0.15) is 42.7 Å². The number of nitrogens with one attached hydrogen (secondary N) is 1. The number of benzene rings is 1. The summed E-state index contributed by atoms with van der Waals surface area (Å²) in [6.07, 6.45) is 5.05. The molecule has 3 unspecified atom stereocenters. The van der Waals surface area contributed by atoms with Crippen molar-refractivity contribution < 1.29 is 4.79 Å². The molecule has 1 amide bonds. The molecule has 2 aliphatic carbocycles. The SMILES string of the molecule is Cc1ccccc1C1CC1C(=O)NCC1CCN(C2CC2)C1. The predicted octanol–water partition coefficient (Wildman–Crippen LogP) is 2.70. The highest BCUT2D eigenvalue weighted by Gasteiger charge is 2.44. The third kappa shape index (κ3) is 2.91. The highest BCUT2D eigenvalue weighted by molar-refractivity contribution is 5.83. The summed E-state index contributed by atoms with van der Waals surface area (Å²) in [7, 11) is 0. The monoisotopic (exact) mass is 298 g/mol. The third-order valence-electron chi connectivity index (χ3n) is 5.66. The Morgan fingerprint density at radius 2 is 2.09 bits per heavy atom. The molecule has 118 valence electrons. The molecule has 3 atom stereocenters. The van der Waals surface area contributed by atoms with Gasteiger partial charge >= 0.3 is 0 Å². The maximum atomic E-state index is 12.4. The molecule has 3 heteroatoms. The van der Waals surface area contributed by atoms with Gasteiger partial charge < -0.3 is 10.2 Å². The Hall–Kier alpha value is -1.35. The van der Waals surface area contributed by atoms with Crippen molar-refractivity contribution >= 4 is 5.91 Å². The largest absolute Gasteiger partial charge is 0.356 e. The lowest BCUT2D eigenvalue weighted by atomic mass is 10.0. The molecule has 1 heterocycles. The second-order valence-corrected chi connectivity index (χ2v) is 7.43. The first-order valence-electron chi connectivity index (χ1n) is 8.79. The van der Waals surface area contributed by atoms with Crippen molar-refractivity contribution in [2.24, 2.45) is 11.8 Å². The maximum Gasteiger partial charge on any atom is 0.223 e. The van der Waals surface area contributed by atoms with Crippen molar-refractivity contribution in [3.63, 3.8) is 0 Å². The standard InChI is InChI=1S/C19H26N2O/c1-13-4-2-3-5-16(13)17-10-18(17)19(22)20-11-14-8-9-21(12-14)15-6-7-15/h2-5,14-15,17-18H,6-12H2,1H3,(H,20,22). The molecule has 0 bridgehead atoms. The lowest BCUT2D eigenvalue weighted by molar-refractivity contribution is -0.122. The highest BCUT2D eigenvalue weighted by Crippen LogP contribution is 2.48. The molecule has 2 saturated carbocycles. The number of carbonyl (C=O) groups is 1. The van der Waals surface area contributed by atoms with E-state index in [9.17, 15) is 4.79 Å². The van der Waals surface area contributed by atoms with Crippen molar-refractivity contribution in [3.8, 4) is 0 Å². The van der Waals surface area contributed by atoms with E-state index >= 15 is 0 Å². The highest BCUT2D eigenvalue weighted by atomic mass is 16.2. The van der Waals surface area contributed by atoms with Gasteiger partial charge in [-0.05, 0) is 62.1 Å². The number of hydrogen-bond donors (Lipinski definition) is 1. The van der Waals surface area contributed by atoms with Crippen molar-refractivity contribution in [1.82, 2.24) is 10.2 Å². The Bertz CT molecular complexity index is 566. The van der Waals surface area contributed by atoms with E-state index in [0.717, 1.165) is 19.0 Å². The number of hydrogen-bond acceptors (Lipinski definition) is 2. The zero-order valence-corrected chi connectivity index (χ0v) is 13.4. The van der Waals surface area contributed by atoms with Crippen LogP contribution < -0.4 is 5.32 Å². The van der Waals surface area contributed by atoms with Crippen LogP contribution in [0, 0.1) is 18.8 Å². The Labute approximate surface area is 133 Å². The molecular formula is C19H26N2O. The van der Waals surface area contributed by atoms with Crippen LogP contribution in [-0.4, -0.2) is 36.5 Å². The molecule has 1 saturated heterocycles. The van der Waals surface area contributed by atoms with E-state index in [1.807, 2.05) is 0 Å². The minimum atomic E-state index is 0.210. The average molecular weight is 298 g/mol. The van der Waals surface area contributed by atoms with E-state index in [-0.39, 0.29) is 11.8 Å². The van der Waals surface area contributed by atoms with Crippen LogP contribution >= 0.6 is 0 Å². The Morgan fingerprint density at radius 1 is 1.27 bits per heavy atom. The fraction of sp³-hybridized carbons (Fsp3) is 0.632. The van der Waals surface area contributed by atoms with Crippen LogP contribution in [0.2, 0.25) is 0 Å². The molecule has 0 spiro atoms. The van der Waals surface area contributed by atoms with E-state index < -0.39 is 0 Å². The van der Waals surface area contributed by atoms with Gasteiger partial charge in [-0.3, -0.25) is 4.79 Å². The molecule has 4 rings (SSSR count). The maximum absolute atomic E-state index is 12.4. The number of nitrogens with zero attached hydrogens (tertiary/aromatic N) is 1. The second-order valence-electron chi connectivity index (χ2n) is 7.43. The van der Waals surface area contributed by atoms with Crippen LogP contribution in [0.25, 0.3) is 0 Å². The first kappa shape index (κ1) is 14.3. The normalized spacial score (nSPS) is 31.2. The molecular weight excluding hydrogens is 272 g/mol. The Kier molecular flexibility index (Phi) is 3.69. The summed E-state index contributed by atoms with van der Waals surface area (Å²) in [6, 6.07) is 9.35. The summed E-state index contributed by atoms with van der Waals surface area (Å²) < 4.78 is 0. The fourth-order valence-electron chi connectivity index (χ4n) is 4.01. The van der Waals surface area contributed by atoms with Gasteiger partial charge in [0.05, 0.1) is 0 Å². The van der Waals surface area contributed by atoms with Gasteiger partial charge in [0.1, 0.15) is 0 Å². The Morgan fingerprint density at radius 3 is 2.86 bits per heavy atom. The molecule has 3 nitrogen and oxygen atoms in total. The van der Waals surface area contributed by atoms with Crippen molar-refractivity contribution in [3.05, 3.63) is 35.4 Å². The molecule has 3 fully saturated rings. The summed E-state index contributed by atoms with van der Waals surface area (Å²) >= 11 is 0. The topological polar surface area (TPSA) is 32.3 Å². The molecule has 1 aromatic carbocycles. The zero-order valence-electron chi connectivity index (χ0n) is 13.4. The molecule has 1 aliphatic heterocycles. The van der Waals surface area contributed by atoms with Gasteiger partial charge in [-0.15, -0.1) is 0 Å². The quantitative estimate of drug-likeness (QED) is 0.906. The molecule has 0 radical (unpaired) electrons. The minimum Gasteiger partial charge on any atom is -0.356 e. The van der Waals surface area contributed by atoms with E-state index in [1.165, 1.54) is 43.5 Å². The fourth-order valence-corrected chi connectivity index (χ4v) is 4.01. The van der Waals surface area contributed by atoms with Gasteiger partial charge in [-0.1, -0.05) is 24.3 Å². The van der Waals surface area contributed by atoms with Gasteiger partial charge in [-0.2, -0.15) is 0 Å². The van der Waals surface area contributed by atoms with Crippen molar-refractivity contribution in [2.45, 2.75) is 44.6 Å². The van der Waals surface area contributed by atoms with Gasteiger partial charge in [0.25, 0.3) is 0 Å². The van der Waals surface area contributed by atoms with Gasteiger partial charge in [0, 0.05) is 25.0 Å². The number of carbonyl (C=O) groups excluding carboxylic acids is 1. The first-order chi connectivity index (χ1) is 10.7. The van der Waals surface area contributed by atoms with Crippen molar-refractivity contribution in [2.75, 3.05) is 19.6 Å². The average Bonchev–Trinajstić information content (AvgIpc) is 3.44. The van der Waals surface area contributed by atoms with Gasteiger partial charge in [-0.25, -0.2) is 0 Å². The second kappa shape index (κ2) is 5.69. The van der Waals surface area contributed by atoms with Crippen LogP contribution in [0.15, 0.2) is 24.3 Å². The molecule has 3 aliphatic rings. The van der Waals surface area contributed by atoms with Crippen LogP contribution in [0.4, 0.5) is 0 Å². The summed E-state index contributed by atoms with van der Waals surface area (Å²) in [5.41, 5.74) is 2.68.